The van der Waals surface area contributed by atoms with Crippen molar-refractivity contribution in [3.8, 4) is 17.6 Å². The molecule has 0 radical (unpaired) electrons. The van der Waals surface area contributed by atoms with E-state index in [1.54, 1.807) is 26.0 Å². The van der Waals surface area contributed by atoms with E-state index in [0.717, 1.165) is 5.56 Å². The first-order chi connectivity index (χ1) is 14.7. The van der Waals surface area contributed by atoms with Gasteiger partial charge in [0.15, 0.2) is 11.5 Å². The van der Waals surface area contributed by atoms with Crippen molar-refractivity contribution in [2.45, 2.75) is 46.6 Å². The van der Waals surface area contributed by atoms with E-state index in [9.17, 15) is 14.4 Å². The van der Waals surface area contributed by atoms with Crippen LogP contribution in [0.4, 0.5) is 0 Å². The van der Waals surface area contributed by atoms with Gasteiger partial charge in [-0.2, -0.15) is 5.26 Å². The van der Waals surface area contributed by atoms with Gasteiger partial charge in [-0.05, 0) is 63.4 Å². The highest BCUT2D eigenvalue weighted by Gasteiger charge is 2.15. The van der Waals surface area contributed by atoms with Gasteiger partial charge in [0.2, 0.25) is 5.91 Å². The number of aromatic amines is 1. The largest absolute Gasteiger partial charge is 0.493 e. The molecule has 0 saturated heterocycles. The quantitative estimate of drug-likeness (QED) is 0.580. The molecule has 164 valence electrons. The van der Waals surface area contributed by atoms with E-state index in [2.05, 4.69) is 15.8 Å². The average Bonchev–Trinajstić information content (AvgIpc) is 2.71. The molecule has 0 spiro atoms. The lowest BCUT2D eigenvalue weighted by Crippen LogP contribution is -2.41. The molecule has 0 aliphatic rings. The Morgan fingerprint density at radius 2 is 1.90 bits per heavy atom. The summed E-state index contributed by atoms with van der Waals surface area (Å²) in [5, 5.41) is 9.13. The molecule has 2 amide bonds. The van der Waals surface area contributed by atoms with Crippen LogP contribution in [0.25, 0.3) is 0 Å². The summed E-state index contributed by atoms with van der Waals surface area (Å²) in [6, 6.07) is 6.60. The average molecular weight is 426 g/mol. The monoisotopic (exact) mass is 426 g/mol. The number of nitrogens with one attached hydrogen (secondary N) is 3. The SMILES string of the molecule is COc1cc(C(=O)NNC(=O)CCc2c(C)[nH]c(=O)c(C#N)c2C)ccc1OC(C)C. The van der Waals surface area contributed by atoms with Crippen LogP contribution in [0, 0.1) is 25.2 Å². The number of carbonyl (C=O) groups excluding carboxylic acids is 2. The van der Waals surface area contributed by atoms with Gasteiger partial charge in [-0.25, -0.2) is 0 Å². The maximum Gasteiger partial charge on any atom is 0.269 e. The molecule has 1 aromatic heterocycles. The van der Waals surface area contributed by atoms with Crippen molar-refractivity contribution in [1.29, 1.82) is 5.26 Å². The third kappa shape index (κ3) is 5.85. The molecule has 0 unspecified atom stereocenters. The van der Waals surface area contributed by atoms with Crippen molar-refractivity contribution < 1.29 is 19.1 Å². The number of hydrogen-bond acceptors (Lipinski definition) is 6. The Morgan fingerprint density at radius 1 is 1.19 bits per heavy atom. The normalized spacial score (nSPS) is 10.4. The third-order valence-corrected chi connectivity index (χ3v) is 4.63. The fourth-order valence-corrected chi connectivity index (χ4v) is 3.08. The summed E-state index contributed by atoms with van der Waals surface area (Å²) in [5.74, 6) is 0.000889. The molecule has 0 bridgehead atoms. The fraction of sp³-hybridized carbons (Fsp3) is 0.364. The van der Waals surface area contributed by atoms with Crippen molar-refractivity contribution in [2.24, 2.45) is 0 Å². The minimum absolute atomic E-state index is 0.0353. The third-order valence-electron chi connectivity index (χ3n) is 4.63. The second-order valence-electron chi connectivity index (χ2n) is 7.20. The summed E-state index contributed by atoms with van der Waals surface area (Å²) in [6.07, 6.45) is 0.315. The molecule has 9 heteroatoms. The summed E-state index contributed by atoms with van der Waals surface area (Å²) in [4.78, 5) is 39.0. The zero-order valence-corrected chi connectivity index (χ0v) is 18.2. The van der Waals surface area contributed by atoms with Gasteiger partial charge in [-0.15, -0.1) is 0 Å². The Morgan fingerprint density at radius 3 is 2.52 bits per heavy atom. The van der Waals surface area contributed by atoms with Gasteiger partial charge in [-0.3, -0.25) is 25.2 Å². The molecule has 1 heterocycles. The summed E-state index contributed by atoms with van der Waals surface area (Å²) in [7, 11) is 1.48. The number of methoxy groups -OCH3 is 1. The lowest BCUT2D eigenvalue weighted by atomic mass is 9.99. The molecule has 9 nitrogen and oxygen atoms in total. The predicted molar refractivity (Wildman–Crippen MR) is 114 cm³/mol. The number of hydrogen-bond donors (Lipinski definition) is 3. The Hall–Kier alpha value is -3.80. The van der Waals surface area contributed by atoms with Crippen LogP contribution in [0.1, 0.15) is 53.0 Å². The number of rotatable bonds is 7. The van der Waals surface area contributed by atoms with Crippen LogP contribution >= 0.6 is 0 Å². The summed E-state index contributed by atoms with van der Waals surface area (Å²) >= 11 is 0. The summed E-state index contributed by atoms with van der Waals surface area (Å²) in [6.45, 7) is 7.15. The Bertz CT molecular complexity index is 1080. The van der Waals surface area contributed by atoms with Crippen LogP contribution in [0.2, 0.25) is 0 Å². The van der Waals surface area contributed by atoms with Crippen LogP contribution in [-0.4, -0.2) is 30.0 Å². The fourth-order valence-electron chi connectivity index (χ4n) is 3.08. The van der Waals surface area contributed by atoms with Crippen molar-refractivity contribution in [2.75, 3.05) is 7.11 Å². The Balaban J connectivity index is 1.99. The number of aromatic nitrogens is 1. The first kappa shape index (κ1) is 23.5. The van der Waals surface area contributed by atoms with E-state index in [1.165, 1.54) is 13.2 Å². The minimum atomic E-state index is -0.508. The molecule has 0 saturated carbocycles. The number of ether oxygens (including phenoxy) is 2. The number of amides is 2. The van der Waals surface area contributed by atoms with E-state index in [-0.39, 0.29) is 18.1 Å². The molecule has 0 aliphatic heterocycles. The number of H-pyrrole nitrogens is 1. The number of nitrogens with zero attached hydrogens (tertiary/aromatic N) is 1. The second-order valence-corrected chi connectivity index (χ2v) is 7.20. The first-order valence-corrected chi connectivity index (χ1v) is 9.74. The van der Waals surface area contributed by atoms with E-state index in [1.807, 2.05) is 19.9 Å². The van der Waals surface area contributed by atoms with Gasteiger partial charge in [0.05, 0.1) is 13.2 Å². The predicted octanol–water partition coefficient (Wildman–Crippen LogP) is 2.05. The highest BCUT2D eigenvalue weighted by atomic mass is 16.5. The molecule has 2 aromatic rings. The number of carbonyl (C=O) groups is 2. The molecule has 0 atom stereocenters. The van der Waals surface area contributed by atoms with E-state index >= 15 is 0 Å². The molecule has 31 heavy (non-hydrogen) atoms. The maximum atomic E-state index is 12.4. The molecule has 1 aromatic carbocycles. The van der Waals surface area contributed by atoms with Crippen LogP contribution in [-0.2, 0) is 11.2 Å². The first-order valence-electron chi connectivity index (χ1n) is 9.74. The van der Waals surface area contributed by atoms with Crippen molar-refractivity contribution in [1.82, 2.24) is 15.8 Å². The van der Waals surface area contributed by atoms with E-state index in [4.69, 9.17) is 14.7 Å². The van der Waals surface area contributed by atoms with Crippen LogP contribution in [0.3, 0.4) is 0 Å². The van der Waals surface area contributed by atoms with Crippen LogP contribution < -0.4 is 25.9 Å². The number of benzene rings is 1. The van der Waals surface area contributed by atoms with Gasteiger partial charge in [0, 0.05) is 17.7 Å². The van der Waals surface area contributed by atoms with Gasteiger partial charge in [0.25, 0.3) is 11.5 Å². The number of pyridine rings is 1. The second kappa shape index (κ2) is 10.3. The molecule has 0 aliphatic carbocycles. The lowest BCUT2D eigenvalue weighted by Gasteiger charge is -2.15. The molecule has 3 N–H and O–H groups in total. The van der Waals surface area contributed by atoms with Crippen LogP contribution in [0.5, 0.6) is 11.5 Å². The summed E-state index contributed by atoms with van der Waals surface area (Å²) < 4.78 is 10.9. The van der Waals surface area contributed by atoms with Crippen molar-refractivity contribution in [3.63, 3.8) is 0 Å². The number of nitriles is 1. The molecular formula is C22H26N4O5. The molecule has 0 fully saturated rings. The topological polar surface area (TPSA) is 133 Å². The standard InChI is InChI=1S/C22H26N4O5/c1-12(2)31-18-8-6-15(10-19(18)30-5)21(28)26-25-20(27)9-7-16-13(3)17(11-23)22(29)24-14(16)4/h6,8,10,12H,7,9H2,1-5H3,(H,24,29)(H,25,27)(H,26,28). The minimum Gasteiger partial charge on any atom is -0.493 e. The van der Waals surface area contributed by atoms with Crippen LogP contribution in [0.15, 0.2) is 23.0 Å². The maximum absolute atomic E-state index is 12.4. The number of hydrazine groups is 1. The number of aryl methyl sites for hydroxylation is 1. The zero-order valence-electron chi connectivity index (χ0n) is 18.2. The van der Waals surface area contributed by atoms with Gasteiger partial charge >= 0.3 is 0 Å². The Kier molecular flexibility index (Phi) is 7.80. The van der Waals surface area contributed by atoms with Gasteiger partial charge in [-0.1, -0.05) is 0 Å². The summed E-state index contributed by atoms with van der Waals surface area (Å²) in [5.41, 5.74) is 6.49. The highest BCUT2D eigenvalue weighted by Crippen LogP contribution is 2.28. The molecular weight excluding hydrogens is 400 g/mol. The van der Waals surface area contributed by atoms with Gasteiger partial charge < -0.3 is 14.5 Å². The van der Waals surface area contributed by atoms with E-state index < -0.39 is 17.4 Å². The van der Waals surface area contributed by atoms with Crippen molar-refractivity contribution in [3.05, 3.63) is 56.5 Å². The highest BCUT2D eigenvalue weighted by molar-refractivity contribution is 5.96. The zero-order chi connectivity index (χ0) is 23.1. The smallest absolute Gasteiger partial charge is 0.269 e. The van der Waals surface area contributed by atoms with Crippen molar-refractivity contribution >= 4 is 11.8 Å². The van der Waals surface area contributed by atoms with E-state index in [0.29, 0.717) is 34.7 Å². The van der Waals surface area contributed by atoms with Gasteiger partial charge in [0.1, 0.15) is 11.6 Å². The molecule has 2 rings (SSSR count). The lowest BCUT2D eigenvalue weighted by molar-refractivity contribution is -0.121. The Labute approximate surface area is 180 Å².